The van der Waals surface area contributed by atoms with E-state index in [1.807, 2.05) is 0 Å². The molecule has 0 heterocycles. The third-order valence-electron chi connectivity index (χ3n) is 8.39. The first-order chi connectivity index (χ1) is 19.7. The van der Waals surface area contributed by atoms with Crippen LogP contribution >= 0.6 is 0 Å². The molecule has 0 fully saturated rings. The van der Waals surface area contributed by atoms with Crippen LogP contribution in [-0.4, -0.2) is 44.3 Å². The van der Waals surface area contributed by atoms with Crippen molar-refractivity contribution in [1.82, 2.24) is 0 Å². The minimum Gasteiger partial charge on any atom is -0.481 e. The lowest BCUT2D eigenvalue weighted by molar-refractivity contribution is -0.138. The molecule has 240 valence electrons. The average molecular weight is 585 g/mol. The minimum absolute atomic E-state index is 0.245. The number of hydrogen-bond donors (Lipinski definition) is 4. The molecule has 0 radical (unpaired) electrons. The SMILES string of the molecule is O=C(O)CCCCCCCC(CCCCCCCC(=O)O)(CCCCCCCC(=O)O)CCCCCCCC(=O)O. The third-order valence-corrected chi connectivity index (χ3v) is 8.39. The zero-order chi connectivity index (χ0) is 30.6. The quantitative estimate of drug-likeness (QED) is 0.0571. The molecule has 0 saturated heterocycles. The van der Waals surface area contributed by atoms with Crippen LogP contribution in [0.3, 0.4) is 0 Å². The highest BCUT2D eigenvalue weighted by Gasteiger charge is 2.28. The molecule has 0 saturated carbocycles. The molecule has 8 heteroatoms. The van der Waals surface area contributed by atoms with Crippen LogP contribution in [0.25, 0.3) is 0 Å². The van der Waals surface area contributed by atoms with Crippen molar-refractivity contribution in [3.05, 3.63) is 0 Å². The van der Waals surface area contributed by atoms with Gasteiger partial charge in [-0.05, 0) is 56.8 Å². The second kappa shape index (κ2) is 26.8. The van der Waals surface area contributed by atoms with Gasteiger partial charge in [0.25, 0.3) is 0 Å². The van der Waals surface area contributed by atoms with Gasteiger partial charge >= 0.3 is 23.9 Å². The first-order valence-electron chi connectivity index (χ1n) is 16.5. The molecule has 0 atom stereocenters. The molecule has 4 N–H and O–H groups in total. The molecular formula is C33H60O8. The van der Waals surface area contributed by atoms with Gasteiger partial charge in [0, 0.05) is 25.7 Å². The van der Waals surface area contributed by atoms with Crippen LogP contribution in [0.1, 0.15) is 180 Å². The van der Waals surface area contributed by atoms with E-state index < -0.39 is 23.9 Å². The van der Waals surface area contributed by atoms with Crippen molar-refractivity contribution in [3.8, 4) is 0 Å². The van der Waals surface area contributed by atoms with Crippen LogP contribution in [0, 0.1) is 5.41 Å². The Morgan fingerprint density at radius 2 is 0.463 bits per heavy atom. The predicted molar refractivity (Wildman–Crippen MR) is 162 cm³/mol. The Morgan fingerprint density at radius 1 is 0.293 bits per heavy atom. The maximum atomic E-state index is 10.8. The molecule has 0 rings (SSSR count). The molecule has 0 bridgehead atoms. The Morgan fingerprint density at radius 3 is 0.659 bits per heavy atom. The van der Waals surface area contributed by atoms with Crippen LogP contribution in [0.15, 0.2) is 0 Å². The maximum Gasteiger partial charge on any atom is 0.303 e. The topological polar surface area (TPSA) is 149 Å². The van der Waals surface area contributed by atoms with Crippen molar-refractivity contribution >= 4 is 23.9 Å². The molecule has 0 aliphatic carbocycles. The Bertz CT molecular complexity index is 573. The van der Waals surface area contributed by atoms with E-state index in [0.717, 1.165) is 128 Å². The Labute approximate surface area is 248 Å². The molecular weight excluding hydrogens is 524 g/mol. The smallest absolute Gasteiger partial charge is 0.303 e. The summed E-state index contributed by atoms with van der Waals surface area (Å²) in [5, 5.41) is 35.5. The van der Waals surface area contributed by atoms with Gasteiger partial charge in [0.05, 0.1) is 0 Å². The van der Waals surface area contributed by atoms with Gasteiger partial charge in [-0.1, -0.05) is 103 Å². The van der Waals surface area contributed by atoms with Crippen molar-refractivity contribution in [1.29, 1.82) is 0 Å². The molecule has 0 spiro atoms. The van der Waals surface area contributed by atoms with Crippen molar-refractivity contribution in [2.24, 2.45) is 5.41 Å². The fourth-order valence-corrected chi connectivity index (χ4v) is 5.98. The number of aliphatic carboxylic acids is 4. The van der Waals surface area contributed by atoms with E-state index in [0.29, 0.717) is 0 Å². The Balaban J connectivity index is 4.94. The van der Waals surface area contributed by atoms with Gasteiger partial charge in [-0.15, -0.1) is 0 Å². The lowest BCUT2D eigenvalue weighted by Crippen LogP contribution is -2.21. The van der Waals surface area contributed by atoms with Crippen LogP contribution < -0.4 is 0 Å². The summed E-state index contributed by atoms with van der Waals surface area (Å²) in [7, 11) is 0. The summed E-state index contributed by atoms with van der Waals surface area (Å²) in [5.74, 6) is -2.90. The lowest BCUT2D eigenvalue weighted by atomic mass is 9.70. The van der Waals surface area contributed by atoms with E-state index in [9.17, 15) is 19.2 Å². The highest BCUT2D eigenvalue weighted by Crippen LogP contribution is 2.42. The van der Waals surface area contributed by atoms with Crippen molar-refractivity contribution in [2.45, 2.75) is 180 Å². The van der Waals surface area contributed by atoms with Crippen LogP contribution in [0.4, 0.5) is 0 Å². The Hall–Kier alpha value is -2.12. The molecule has 0 aromatic carbocycles. The fourth-order valence-electron chi connectivity index (χ4n) is 5.98. The third kappa shape index (κ3) is 27.8. The van der Waals surface area contributed by atoms with Crippen molar-refractivity contribution < 1.29 is 39.6 Å². The van der Waals surface area contributed by atoms with Gasteiger partial charge in [0.2, 0.25) is 0 Å². The number of carboxylic acid groups (broad SMARTS) is 4. The first-order valence-corrected chi connectivity index (χ1v) is 16.5. The van der Waals surface area contributed by atoms with Gasteiger partial charge < -0.3 is 20.4 Å². The average Bonchev–Trinajstić information content (AvgIpc) is 2.90. The summed E-state index contributed by atoms with van der Waals surface area (Å²) in [5.41, 5.74) is 0.282. The first kappa shape index (κ1) is 38.9. The summed E-state index contributed by atoms with van der Waals surface area (Å²) in [4.78, 5) is 43.1. The van der Waals surface area contributed by atoms with Crippen LogP contribution in [0.5, 0.6) is 0 Å². The van der Waals surface area contributed by atoms with Gasteiger partial charge in [0.15, 0.2) is 0 Å². The summed E-state index contributed by atoms with van der Waals surface area (Å²) in [6.45, 7) is 0. The number of carbonyl (C=O) groups is 4. The van der Waals surface area contributed by atoms with E-state index in [4.69, 9.17) is 20.4 Å². The van der Waals surface area contributed by atoms with E-state index in [1.165, 1.54) is 25.7 Å². The fraction of sp³-hybridized carbons (Fsp3) is 0.879. The standard InChI is InChI=1S/C33H60O8/c34-29(35)21-13-5-1-9-17-25-33(26-18-10-2-6-14-22-30(36)37,27-19-11-3-7-15-23-31(38)39)28-20-12-4-8-16-24-32(40)41/h1-28H2,(H,34,35)(H,36,37)(H,38,39)(H,40,41). The maximum absolute atomic E-state index is 10.8. The van der Waals surface area contributed by atoms with Gasteiger partial charge in [-0.2, -0.15) is 0 Å². The highest BCUT2D eigenvalue weighted by atomic mass is 16.4. The second-order valence-electron chi connectivity index (χ2n) is 12.1. The largest absolute Gasteiger partial charge is 0.481 e. The van der Waals surface area contributed by atoms with E-state index in [-0.39, 0.29) is 31.1 Å². The van der Waals surface area contributed by atoms with Crippen molar-refractivity contribution in [3.63, 3.8) is 0 Å². The highest BCUT2D eigenvalue weighted by molar-refractivity contribution is 5.67. The Kier molecular flexibility index (Phi) is 25.4. The van der Waals surface area contributed by atoms with Gasteiger partial charge in [0.1, 0.15) is 0 Å². The molecule has 0 aliphatic heterocycles. The molecule has 8 nitrogen and oxygen atoms in total. The normalized spacial score (nSPS) is 11.5. The summed E-state index contributed by atoms with van der Waals surface area (Å²) in [6.07, 6.45) is 25.9. The van der Waals surface area contributed by atoms with E-state index in [1.54, 1.807) is 0 Å². The number of carboxylic acids is 4. The number of hydrogen-bond acceptors (Lipinski definition) is 4. The zero-order valence-electron chi connectivity index (χ0n) is 25.7. The van der Waals surface area contributed by atoms with Crippen LogP contribution in [0.2, 0.25) is 0 Å². The van der Waals surface area contributed by atoms with E-state index >= 15 is 0 Å². The molecule has 0 aromatic rings. The monoisotopic (exact) mass is 584 g/mol. The molecule has 0 amide bonds. The predicted octanol–water partition coefficient (Wildman–Crippen LogP) is 9.23. The van der Waals surface area contributed by atoms with Crippen LogP contribution in [-0.2, 0) is 19.2 Å². The molecule has 0 aliphatic rings. The zero-order valence-corrected chi connectivity index (χ0v) is 25.7. The van der Waals surface area contributed by atoms with Gasteiger partial charge in [-0.25, -0.2) is 0 Å². The second-order valence-corrected chi connectivity index (χ2v) is 12.1. The molecule has 0 aromatic heterocycles. The van der Waals surface area contributed by atoms with Crippen molar-refractivity contribution in [2.75, 3.05) is 0 Å². The summed E-state index contributed by atoms with van der Waals surface area (Å²) < 4.78 is 0. The van der Waals surface area contributed by atoms with E-state index in [2.05, 4.69) is 0 Å². The molecule has 41 heavy (non-hydrogen) atoms. The molecule has 0 unspecified atom stereocenters. The lowest BCUT2D eigenvalue weighted by Gasteiger charge is -2.35. The number of unbranched alkanes of at least 4 members (excludes halogenated alkanes) is 16. The van der Waals surface area contributed by atoms with Gasteiger partial charge in [-0.3, -0.25) is 19.2 Å². The summed E-state index contributed by atoms with van der Waals surface area (Å²) in [6, 6.07) is 0. The number of rotatable bonds is 32. The summed E-state index contributed by atoms with van der Waals surface area (Å²) >= 11 is 0. The minimum atomic E-state index is -0.724.